The summed E-state index contributed by atoms with van der Waals surface area (Å²) in [5, 5.41) is 11.8. The highest BCUT2D eigenvalue weighted by Gasteiger charge is 2.33. The Balaban J connectivity index is 2.57. The summed E-state index contributed by atoms with van der Waals surface area (Å²) in [5.41, 5.74) is 0.443. The number of carbonyl (C=O) groups excluding carboxylic acids is 2. The smallest absolute Gasteiger partial charge is 0.329 e. The molecule has 5 nitrogen and oxygen atoms in total. The topological polar surface area (TPSA) is 83.5 Å². The van der Waals surface area contributed by atoms with Gasteiger partial charge in [-0.1, -0.05) is 44.5 Å². The number of carboxylic acids is 1. The molecule has 1 aromatic rings. The zero-order chi connectivity index (χ0) is 17.5. The average Bonchev–Trinajstić information content (AvgIpc) is 2.52. The number of aliphatic carboxylic acids is 1. The second-order valence-electron chi connectivity index (χ2n) is 5.91. The predicted molar refractivity (Wildman–Crippen MR) is 88.5 cm³/mol. The fourth-order valence-electron chi connectivity index (χ4n) is 2.39. The monoisotopic (exact) mass is 319 g/mol. The molecule has 1 amide bonds. The summed E-state index contributed by atoms with van der Waals surface area (Å²) in [7, 11) is 0. The van der Waals surface area contributed by atoms with Crippen molar-refractivity contribution in [2.75, 3.05) is 0 Å². The average molecular weight is 319 g/mol. The molecule has 0 radical (unpaired) electrons. The molecule has 0 spiro atoms. The molecule has 126 valence electrons. The molecule has 0 saturated carbocycles. The van der Waals surface area contributed by atoms with Crippen molar-refractivity contribution in [2.45, 2.75) is 58.4 Å². The van der Waals surface area contributed by atoms with Crippen LogP contribution >= 0.6 is 0 Å². The van der Waals surface area contributed by atoms with E-state index in [1.807, 2.05) is 26.0 Å². The van der Waals surface area contributed by atoms with Crippen LogP contribution in [0.25, 0.3) is 0 Å². The van der Waals surface area contributed by atoms with Crippen molar-refractivity contribution < 1.29 is 19.5 Å². The van der Waals surface area contributed by atoms with Crippen LogP contribution in [0.4, 0.5) is 0 Å². The van der Waals surface area contributed by atoms with Gasteiger partial charge in [-0.2, -0.15) is 0 Å². The molecule has 1 unspecified atom stereocenters. The van der Waals surface area contributed by atoms with Crippen LogP contribution in [-0.2, 0) is 16.0 Å². The lowest BCUT2D eigenvalue weighted by molar-refractivity contribution is -0.147. The van der Waals surface area contributed by atoms with E-state index in [2.05, 4.69) is 5.32 Å². The third kappa shape index (κ3) is 5.51. The summed E-state index contributed by atoms with van der Waals surface area (Å²) >= 11 is 0. The quantitative estimate of drug-likeness (QED) is 0.685. The molecule has 0 aromatic heterocycles. The maximum atomic E-state index is 12.1. The minimum atomic E-state index is -1.28. The maximum Gasteiger partial charge on any atom is 0.329 e. The van der Waals surface area contributed by atoms with E-state index < -0.39 is 17.4 Å². The van der Waals surface area contributed by atoms with Crippen LogP contribution < -0.4 is 5.32 Å². The van der Waals surface area contributed by atoms with Crippen LogP contribution in [0, 0.1) is 0 Å². The standard InChI is InChI=1S/C18H25NO4/c1-4-12-18(3,17(22)23)19-16(21)11-10-15(20)14-8-6-13(5-2)7-9-14/h6-9H,4-5,10-12H2,1-3H3,(H,19,21)(H,22,23). The maximum absolute atomic E-state index is 12.1. The second-order valence-corrected chi connectivity index (χ2v) is 5.91. The summed E-state index contributed by atoms with van der Waals surface area (Å²) in [4.78, 5) is 35.3. The van der Waals surface area contributed by atoms with E-state index in [1.165, 1.54) is 6.92 Å². The number of Topliss-reactive ketones (excluding diaryl/α,β-unsaturated/α-hetero) is 1. The van der Waals surface area contributed by atoms with E-state index in [9.17, 15) is 19.5 Å². The normalized spacial score (nSPS) is 13.2. The zero-order valence-electron chi connectivity index (χ0n) is 14.0. The van der Waals surface area contributed by atoms with Crippen molar-refractivity contribution >= 4 is 17.7 Å². The Morgan fingerprint density at radius 2 is 1.70 bits per heavy atom. The van der Waals surface area contributed by atoms with Gasteiger partial charge in [-0.05, 0) is 25.3 Å². The fraction of sp³-hybridized carbons (Fsp3) is 0.500. The van der Waals surface area contributed by atoms with Crippen LogP contribution in [0.3, 0.4) is 0 Å². The van der Waals surface area contributed by atoms with Gasteiger partial charge in [0, 0.05) is 18.4 Å². The van der Waals surface area contributed by atoms with Crippen LogP contribution in [0.2, 0.25) is 0 Å². The van der Waals surface area contributed by atoms with Gasteiger partial charge in [-0.15, -0.1) is 0 Å². The van der Waals surface area contributed by atoms with Crippen LogP contribution in [0.15, 0.2) is 24.3 Å². The number of nitrogens with one attached hydrogen (secondary N) is 1. The molecule has 1 rings (SSSR count). The second kappa shape index (κ2) is 8.46. The SMILES string of the molecule is CCCC(C)(NC(=O)CCC(=O)c1ccc(CC)cc1)C(=O)O. The first-order valence-electron chi connectivity index (χ1n) is 7.99. The molecule has 0 aliphatic carbocycles. The number of ketones is 1. The van der Waals surface area contributed by atoms with Gasteiger partial charge in [0.2, 0.25) is 5.91 Å². The number of hydrogen-bond donors (Lipinski definition) is 2. The van der Waals surface area contributed by atoms with Crippen LogP contribution in [-0.4, -0.2) is 28.3 Å². The molecule has 5 heteroatoms. The Labute approximate surface area is 137 Å². The number of aryl methyl sites for hydroxylation is 1. The summed E-state index contributed by atoms with van der Waals surface area (Å²) in [6.07, 6.45) is 1.95. The highest BCUT2D eigenvalue weighted by Crippen LogP contribution is 2.14. The largest absolute Gasteiger partial charge is 0.480 e. The van der Waals surface area contributed by atoms with E-state index in [4.69, 9.17) is 0 Å². The third-order valence-corrected chi connectivity index (χ3v) is 3.90. The first-order chi connectivity index (χ1) is 10.8. The molecule has 2 N–H and O–H groups in total. The van der Waals surface area contributed by atoms with E-state index in [1.54, 1.807) is 12.1 Å². The molecule has 0 saturated heterocycles. The summed E-state index contributed by atoms with van der Waals surface area (Å²) in [5.74, 6) is -1.59. The highest BCUT2D eigenvalue weighted by atomic mass is 16.4. The molecule has 1 aromatic carbocycles. The molecule has 0 heterocycles. The van der Waals surface area contributed by atoms with Gasteiger partial charge >= 0.3 is 5.97 Å². The lowest BCUT2D eigenvalue weighted by Crippen LogP contribution is -2.52. The number of benzene rings is 1. The van der Waals surface area contributed by atoms with Crippen molar-refractivity contribution in [1.82, 2.24) is 5.32 Å². The molecular weight excluding hydrogens is 294 g/mol. The number of rotatable bonds is 9. The Hall–Kier alpha value is -2.17. The number of hydrogen-bond acceptors (Lipinski definition) is 3. The summed E-state index contributed by atoms with van der Waals surface area (Å²) in [6.45, 7) is 5.38. The number of carboxylic acid groups (broad SMARTS) is 1. The van der Waals surface area contributed by atoms with Crippen LogP contribution in [0.5, 0.6) is 0 Å². The van der Waals surface area contributed by atoms with Crippen molar-refractivity contribution in [3.8, 4) is 0 Å². The summed E-state index contributed by atoms with van der Waals surface area (Å²) < 4.78 is 0. The van der Waals surface area contributed by atoms with Gasteiger partial charge in [0.05, 0.1) is 0 Å². The van der Waals surface area contributed by atoms with Gasteiger partial charge in [0.25, 0.3) is 0 Å². The van der Waals surface area contributed by atoms with E-state index >= 15 is 0 Å². The summed E-state index contributed by atoms with van der Waals surface area (Å²) in [6, 6.07) is 7.32. The molecule has 0 aliphatic rings. The minimum absolute atomic E-state index is 0.0129. The van der Waals surface area contributed by atoms with Crippen molar-refractivity contribution in [3.63, 3.8) is 0 Å². The zero-order valence-corrected chi connectivity index (χ0v) is 14.0. The van der Waals surface area contributed by atoms with Gasteiger partial charge < -0.3 is 10.4 Å². The Bertz CT molecular complexity index is 565. The fourth-order valence-corrected chi connectivity index (χ4v) is 2.39. The lowest BCUT2D eigenvalue weighted by atomic mass is 9.95. The number of carbonyl (C=O) groups is 3. The highest BCUT2D eigenvalue weighted by molar-refractivity contribution is 5.98. The van der Waals surface area contributed by atoms with Gasteiger partial charge in [-0.3, -0.25) is 9.59 Å². The third-order valence-electron chi connectivity index (χ3n) is 3.90. The first kappa shape index (κ1) is 18.9. The van der Waals surface area contributed by atoms with Gasteiger partial charge in [-0.25, -0.2) is 4.79 Å². The van der Waals surface area contributed by atoms with Gasteiger partial charge in [0.15, 0.2) is 5.78 Å². The van der Waals surface area contributed by atoms with Crippen LogP contribution in [0.1, 0.15) is 62.4 Å². The molecule has 0 aliphatic heterocycles. The van der Waals surface area contributed by atoms with Crippen molar-refractivity contribution in [1.29, 1.82) is 0 Å². The van der Waals surface area contributed by atoms with Crippen molar-refractivity contribution in [2.24, 2.45) is 0 Å². The first-order valence-corrected chi connectivity index (χ1v) is 7.99. The number of amides is 1. The Morgan fingerprint density at radius 1 is 1.09 bits per heavy atom. The molecule has 23 heavy (non-hydrogen) atoms. The Morgan fingerprint density at radius 3 is 2.17 bits per heavy atom. The minimum Gasteiger partial charge on any atom is -0.480 e. The van der Waals surface area contributed by atoms with E-state index in [0.29, 0.717) is 18.4 Å². The molecule has 0 bridgehead atoms. The predicted octanol–water partition coefficient (Wildman–Crippen LogP) is 2.97. The molecule has 0 fully saturated rings. The van der Waals surface area contributed by atoms with E-state index in [-0.39, 0.29) is 18.6 Å². The molecule has 1 atom stereocenters. The lowest BCUT2D eigenvalue weighted by Gasteiger charge is -2.25. The van der Waals surface area contributed by atoms with E-state index in [0.717, 1.165) is 12.0 Å². The van der Waals surface area contributed by atoms with Gasteiger partial charge in [0.1, 0.15) is 5.54 Å². The van der Waals surface area contributed by atoms with Crippen molar-refractivity contribution in [3.05, 3.63) is 35.4 Å². The Kier molecular flexibility index (Phi) is 6.94. The molecular formula is C18H25NO4.